The van der Waals surface area contributed by atoms with E-state index in [-0.39, 0.29) is 39.6 Å². The first kappa shape index (κ1) is 47.3. The highest BCUT2D eigenvalue weighted by Crippen LogP contribution is 2.40. The van der Waals surface area contributed by atoms with E-state index in [4.69, 9.17) is 47.4 Å². The summed E-state index contributed by atoms with van der Waals surface area (Å²) in [7, 11) is 1.59. The van der Waals surface area contributed by atoms with Gasteiger partial charge in [-0.05, 0) is 33.4 Å². The maximum absolute atomic E-state index is 14.3. The summed E-state index contributed by atoms with van der Waals surface area (Å²) in [5, 5.41) is 0. The summed E-state index contributed by atoms with van der Waals surface area (Å²) in [5.74, 6) is 0. The van der Waals surface area contributed by atoms with Gasteiger partial charge >= 0.3 is 6.09 Å². The van der Waals surface area contributed by atoms with Gasteiger partial charge in [-0.15, -0.1) is 0 Å². The van der Waals surface area contributed by atoms with Gasteiger partial charge in [0.25, 0.3) is 0 Å². The van der Waals surface area contributed by atoms with Gasteiger partial charge in [-0.1, -0.05) is 182 Å². The molecule has 0 saturated carbocycles. The summed E-state index contributed by atoms with van der Waals surface area (Å²) in [6.45, 7) is 1.84. The van der Waals surface area contributed by atoms with Crippen LogP contribution >= 0.6 is 0 Å². The van der Waals surface area contributed by atoms with Gasteiger partial charge in [0.2, 0.25) is 0 Å². The van der Waals surface area contributed by atoms with Crippen molar-refractivity contribution in [3.63, 3.8) is 0 Å². The van der Waals surface area contributed by atoms with Crippen molar-refractivity contribution < 1.29 is 52.2 Å². The van der Waals surface area contributed by atoms with Gasteiger partial charge in [-0.3, -0.25) is 4.90 Å². The van der Waals surface area contributed by atoms with E-state index >= 15 is 0 Å². The van der Waals surface area contributed by atoms with Crippen LogP contribution in [-0.4, -0.2) is 92.7 Å². The van der Waals surface area contributed by atoms with Crippen molar-refractivity contribution in [1.82, 2.24) is 4.90 Å². The molecule has 0 aliphatic carbocycles. The first-order chi connectivity index (χ1) is 33.6. The minimum Gasteiger partial charge on any atom is -0.441 e. The summed E-state index contributed by atoms with van der Waals surface area (Å²) in [6.07, 6.45) is -8.02. The standard InChI is InChI=1S/C56H59NO11/c1-59-55-53(64-37-45-30-18-7-19-31-45)52(63-36-44-28-16-6-17-29-44)50(47(66-55)39-61-34-42-24-12-4-13-25-42)67-54-48-51(68-56(58)57(48)32-40-20-8-2-9-21-40)49(62-35-43-26-14-5-15-27-43)46(65-54)38-60-33-41-22-10-3-11-23-41/h2-31,46-55H,32-39H2,1H3/t46-,47-,48-,49-,50-,51-,52+,53-,54-,55+/m1/s1. The number of nitrogens with zero attached hydrogens (tertiary/aromatic N) is 1. The molecule has 0 bridgehead atoms. The summed E-state index contributed by atoms with van der Waals surface area (Å²) in [5.41, 5.74) is 5.79. The van der Waals surface area contributed by atoms with Gasteiger partial charge in [-0.2, -0.15) is 0 Å². The number of amides is 1. The highest BCUT2D eigenvalue weighted by molar-refractivity contribution is 5.71. The Hall–Kier alpha value is -5.77. The lowest BCUT2D eigenvalue weighted by Gasteiger charge is -2.49. The second-order valence-corrected chi connectivity index (χ2v) is 17.2. The summed E-state index contributed by atoms with van der Waals surface area (Å²) in [4.78, 5) is 16.0. The number of carbonyl (C=O) groups excluding carboxylic acids is 1. The number of benzene rings is 6. The average molecular weight is 922 g/mol. The topological polar surface area (TPSA) is 113 Å². The molecule has 10 atom stereocenters. The van der Waals surface area contributed by atoms with Crippen LogP contribution in [0, 0.1) is 0 Å². The summed E-state index contributed by atoms with van der Waals surface area (Å²) in [6, 6.07) is 58.6. The lowest BCUT2D eigenvalue weighted by atomic mass is 9.94. The van der Waals surface area contributed by atoms with E-state index in [9.17, 15) is 4.79 Å². The van der Waals surface area contributed by atoms with Crippen LogP contribution in [-0.2, 0) is 86.9 Å². The van der Waals surface area contributed by atoms with E-state index in [1.807, 2.05) is 182 Å². The number of fused-ring (bicyclic) bond motifs is 1. The minimum absolute atomic E-state index is 0.104. The quantitative estimate of drug-likeness (QED) is 0.0651. The molecule has 3 aliphatic rings. The van der Waals surface area contributed by atoms with Gasteiger partial charge in [0.05, 0.1) is 46.2 Å². The fourth-order valence-electron chi connectivity index (χ4n) is 8.98. The molecule has 0 radical (unpaired) electrons. The Morgan fingerprint density at radius 2 is 0.824 bits per heavy atom. The van der Waals surface area contributed by atoms with Crippen LogP contribution in [0.15, 0.2) is 182 Å². The molecule has 3 aliphatic heterocycles. The zero-order chi connectivity index (χ0) is 46.3. The largest absolute Gasteiger partial charge is 0.441 e. The maximum atomic E-state index is 14.3. The number of ether oxygens (including phenoxy) is 10. The summed E-state index contributed by atoms with van der Waals surface area (Å²) >= 11 is 0. The first-order valence-electron chi connectivity index (χ1n) is 23.3. The highest BCUT2D eigenvalue weighted by Gasteiger charge is 2.59. The number of carbonyl (C=O) groups is 1. The number of methoxy groups -OCH3 is 1. The van der Waals surface area contributed by atoms with E-state index in [0.29, 0.717) is 13.2 Å². The van der Waals surface area contributed by atoms with Crippen molar-refractivity contribution in [3.05, 3.63) is 215 Å². The Kier molecular flexibility index (Phi) is 16.7. The number of hydrogen-bond donors (Lipinski definition) is 0. The van der Waals surface area contributed by atoms with E-state index in [2.05, 4.69) is 0 Å². The van der Waals surface area contributed by atoms with Crippen molar-refractivity contribution in [2.45, 2.75) is 101 Å². The smallest absolute Gasteiger partial charge is 0.411 e. The molecular weight excluding hydrogens is 863 g/mol. The number of hydrogen-bond acceptors (Lipinski definition) is 11. The molecule has 1 amide bonds. The molecule has 0 unspecified atom stereocenters. The van der Waals surface area contributed by atoms with Crippen LogP contribution in [0.1, 0.15) is 33.4 Å². The van der Waals surface area contributed by atoms with E-state index in [1.165, 1.54) is 0 Å². The third-order valence-corrected chi connectivity index (χ3v) is 12.4. The zero-order valence-corrected chi connectivity index (χ0v) is 38.2. The Morgan fingerprint density at radius 3 is 1.28 bits per heavy atom. The lowest BCUT2D eigenvalue weighted by Crippen LogP contribution is -2.66. The molecule has 0 N–H and O–H groups in total. The van der Waals surface area contributed by atoms with Crippen LogP contribution in [0.2, 0.25) is 0 Å². The van der Waals surface area contributed by atoms with Crippen LogP contribution in [0.4, 0.5) is 4.79 Å². The zero-order valence-electron chi connectivity index (χ0n) is 38.2. The van der Waals surface area contributed by atoms with Crippen LogP contribution in [0.3, 0.4) is 0 Å². The fraction of sp³-hybridized carbons (Fsp3) is 0.339. The molecule has 0 aromatic heterocycles. The van der Waals surface area contributed by atoms with Crippen molar-refractivity contribution in [3.8, 4) is 0 Å². The Bertz CT molecular complexity index is 2390. The molecule has 6 aromatic carbocycles. The average Bonchev–Trinajstić information content (AvgIpc) is 3.72. The monoisotopic (exact) mass is 921 g/mol. The second-order valence-electron chi connectivity index (χ2n) is 17.2. The van der Waals surface area contributed by atoms with Crippen LogP contribution in [0.25, 0.3) is 0 Å². The maximum Gasteiger partial charge on any atom is 0.411 e. The van der Waals surface area contributed by atoms with Crippen LogP contribution < -0.4 is 0 Å². The van der Waals surface area contributed by atoms with Gasteiger partial charge in [0, 0.05) is 13.7 Å². The molecule has 12 heteroatoms. The Labute approximate surface area is 398 Å². The third-order valence-electron chi connectivity index (χ3n) is 12.4. The molecule has 3 heterocycles. The van der Waals surface area contributed by atoms with Crippen molar-refractivity contribution in [2.24, 2.45) is 0 Å². The highest BCUT2D eigenvalue weighted by atomic mass is 16.8. The van der Waals surface area contributed by atoms with Crippen molar-refractivity contribution in [2.75, 3.05) is 20.3 Å². The normalized spacial score (nSPS) is 25.7. The summed E-state index contributed by atoms with van der Waals surface area (Å²) < 4.78 is 67.1. The molecule has 354 valence electrons. The molecule has 68 heavy (non-hydrogen) atoms. The molecule has 6 aromatic rings. The van der Waals surface area contributed by atoms with Gasteiger partial charge in [0.1, 0.15) is 42.7 Å². The molecular formula is C56H59NO11. The number of rotatable bonds is 22. The molecule has 3 saturated heterocycles. The van der Waals surface area contributed by atoms with E-state index in [1.54, 1.807) is 12.0 Å². The van der Waals surface area contributed by atoms with Crippen molar-refractivity contribution in [1.29, 1.82) is 0 Å². The van der Waals surface area contributed by atoms with Gasteiger partial charge in [-0.25, -0.2) is 4.79 Å². The Morgan fingerprint density at radius 1 is 0.441 bits per heavy atom. The molecule has 0 spiro atoms. The SMILES string of the molecule is CO[C@H]1O[C@H](COCc2ccccc2)[C@@H](O[C@H]2O[C@H](COCc3ccccc3)[C@@H](OCc3ccccc3)[C@@H]3OC(=O)N(Cc4ccccc4)[C@@H]23)[C@H](OCc2ccccc2)[C@H]1OCc1ccccc1. The molecule has 9 rings (SSSR count). The predicted molar refractivity (Wildman–Crippen MR) is 252 cm³/mol. The Balaban J connectivity index is 1.08. The third kappa shape index (κ3) is 12.3. The fourth-order valence-corrected chi connectivity index (χ4v) is 8.98. The van der Waals surface area contributed by atoms with E-state index < -0.39 is 67.4 Å². The van der Waals surface area contributed by atoms with E-state index in [0.717, 1.165) is 33.4 Å². The van der Waals surface area contributed by atoms with Gasteiger partial charge in [0.15, 0.2) is 18.7 Å². The van der Waals surface area contributed by atoms with Crippen LogP contribution in [0.5, 0.6) is 0 Å². The second kappa shape index (κ2) is 24.0. The lowest BCUT2D eigenvalue weighted by molar-refractivity contribution is -0.358. The molecule has 12 nitrogen and oxygen atoms in total. The molecule has 3 fully saturated rings. The van der Waals surface area contributed by atoms with Gasteiger partial charge < -0.3 is 47.4 Å². The minimum atomic E-state index is -1.10. The predicted octanol–water partition coefficient (Wildman–Crippen LogP) is 9.05. The first-order valence-corrected chi connectivity index (χ1v) is 23.3. The van der Waals surface area contributed by atoms with Crippen molar-refractivity contribution >= 4 is 6.09 Å².